The zero-order chi connectivity index (χ0) is 12.3. The predicted octanol–water partition coefficient (Wildman–Crippen LogP) is 3.09. The number of hydrogen-bond donors (Lipinski definition) is 0. The summed E-state index contributed by atoms with van der Waals surface area (Å²) >= 11 is 3.60. The summed E-state index contributed by atoms with van der Waals surface area (Å²) in [5.74, 6) is 3.16. The van der Waals surface area contributed by atoms with Crippen LogP contribution >= 0.6 is 23.5 Å². The summed E-state index contributed by atoms with van der Waals surface area (Å²) in [7, 11) is 0. The maximum absolute atomic E-state index is 12.9. The minimum atomic E-state index is -0.235. The Bertz CT molecular complexity index is 414. The van der Waals surface area contributed by atoms with Crippen LogP contribution in [0.25, 0.3) is 0 Å². The Morgan fingerprint density at radius 2 is 2.29 bits per heavy atom. The van der Waals surface area contributed by atoms with Crippen molar-refractivity contribution in [3.63, 3.8) is 0 Å². The molecule has 0 spiro atoms. The maximum atomic E-state index is 12.9. The Morgan fingerprint density at radius 3 is 2.94 bits per heavy atom. The van der Waals surface area contributed by atoms with E-state index >= 15 is 0 Å². The van der Waals surface area contributed by atoms with Gasteiger partial charge >= 0.3 is 0 Å². The van der Waals surface area contributed by atoms with Crippen LogP contribution in [0.5, 0.6) is 0 Å². The van der Waals surface area contributed by atoms with Gasteiger partial charge in [0.2, 0.25) is 0 Å². The van der Waals surface area contributed by atoms with Crippen LogP contribution in [-0.4, -0.2) is 28.3 Å². The molecule has 1 heterocycles. The van der Waals surface area contributed by atoms with Crippen LogP contribution in [0.3, 0.4) is 0 Å². The van der Waals surface area contributed by atoms with E-state index in [0.717, 1.165) is 28.4 Å². The Labute approximate surface area is 110 Å². The van der Waals surface area contributed by atoms with E-state index in [0.29, 0.717) is 6.42 Å². The average Bonchev–Trinajstić information content (AvgIpc) is 2.34. The van der Waals surface area contributed by atoms with Gasteiger partial charge in [-0.3, -0.25) is 4.79 Å². The molecule has 0 radical (unpaired) electrons. The van der Waals surface area contributed by atoms with Gasteiger partial charge in [-0.25, -0.2) is 4.39 Å². The molecule has 1 aliphatic rings. The molecule has 0 aliphatic carbocycles. The summed E-state index contributed by atoms with van der Waals surface area (Å²) in [6, 6.07) is 4.65. The van der Waals surface area contributed by atoms with Crippen molar-refractivity contribution in [3.05, 3.63) is 35.1 Å². The first-order chi connectivity index (χ1) is 8.16. The summed E-state index contributed by atoms with van der Waals surface area (Å²) in [5, 5.41) is 0.123. The van der Waals surface area contributed by atoms with E-state index in [4.69, 9.17) is 0 Å². The van der Waals surface area contributed by atoms with E-state index in [-0.39, 0.29) is 16.9 Å². The van der Waals surface area contributed by atoms with Gasteiger partial charge < -0.3 is 0 Å². The summed E-state index contributed by atoms with van der Waals surface area (Å²) in [5.41, 5.74) is 1.82. The second kappa shape index (κ2) is 5.91. The van der Waals surface area contributed by atoms with Gasteiger partial charge in [-0.1, -0.05) is 6.07 Å². The van der Waals surface area contributed by atoms with Crippen molar-refractivity contribution in [1.82, 2.24) is 0 Å². The van der Waals surface area contributed by atoms with Crippen molar-refractivity contribution in [3.8, 4) is 0 Å². The highest BCUT2D eigenvalue weighted by atomic mass is 32.2. The molecule has 0 amide bonds. The highest BCUT2D eigenvalue weighted by Gasteiger charge is 2.22. The first kappa shape index (κ1) is 13.0. The molecule has 4 heteroatoms. The van der Waals surface area contributed by atoms with Crippen LogP contribution in [0, 0.1) is 12.7 Å². The topological polar surface area (TPSA) is 17.1 Å². The lowest BCUT2D eigenvalue weighted by atomic mass is 10.0. The summed E-state index contributed by atoms with van der Waals surface area (Å²) in [6.07, 6.45) is 0.435. The SMILES string of the molecule is Cc1cc(F)ccc1CC(=O)C1CSCCS1. The van der Waals surface area contributed by atoms with E-state index in [1.54, 1.807) is 17.8 Å². The molecule has 1 nitrogen and oxygen atoms in total. The molecule has 1 aromatic rings. The van der Waals surface area contributed by atoms with E-state index in [9.17, 15) is 9.18 Å². The third kappa shape index (κ3) is 3.49. The van der Waals surface area contributed by atoms with Crippen molar-refractivity contribution >= 4 is 29.3 Å². The second-order valence-corrected chi connectivity index (χ2v) is 6.61. The van der Waals surface area contributed by atoms with Crippen molar-refractivity contribution in [2.24, 2.45) is 0 Å². The average molecular weight is 270 g/mol. The Balaban J connectivity index is 2.02. The van der Waals surface area contributed by atoms with Crippen LogP contribution in [0.15, 0.2) is 18.2 Å². The predicted molar refractivity (Wildman–Crippen MR) is 73.4 cm³/mol. The van der Waals surface area contributed by atoms with Gasteiger partial charge in [-0.2, -0.15) is 11.8 Å². The van der Waals surface area contributed by atoms with Gasteiger partial charge in [0.05, 0.1) is 5.25 Å². The Morgan fingerprint density at radius 1 is 1.47 bits per heavy atom. The Kier molecular flexibility index (Phi) is 4.51. The van der Waals surface area contributed by atoms with Crippen molar-refractivity contribution in [2.45, 2.75) is 18.6 Å². The molecule has 1 aliphatic heterocycles. The molecule has 0 N–H and O–H groups in total. The number of thioether (sulfide) groups is 2. The van der Waals surface area contributed by atoms with Gasteiger partial charge in [-0.05, 0) is 30.2 Å². The molecular formula is C13H15FOS2. The lowest BCUT2D eigenvalue weighted by molar-refractivity contribution is -0.117. The normalized spacial score (nSPS) is 20.2. The van der Waals surface area contributed by atoms with Gasteiger partial charge in [0.25, 0.3) is 0 Å². The van der Waals surface area contributed by atoms with E-state index in [2.05, 4.69) is 0 Å². The quantitative estimate of drug-likeness (QED) is 0.840. The number of ketones is 1. The Hall–Kier alpha value is -0.480. The fourth-order valence-corrected chi connectivity index (χ4v) is 4.48. The zero-order valence-electron chi connectivity index (χ0n) is 9.74. The summed E-state index contributed by atoms with van der Waals surface area (Å²) < 4.78 is 12.9. The molecule has 0 aromatic heterocycles. The first-order valence-corrected chi connectivity index (χ1v) is 7.84. The number of halogens is 1. The van der Waals surface area contributed by atoms with Gasteiger partial charge in [0, 0.05) is 23.7 Å². The number of aryl methyl sites for hydroxylation is 1. The van der Waals surface area contributed by atoms with Gasteiger partial charge in [0.1, 0.15) is 5.82 Å². The van der Waals surface area contributed by atoms with Gasteiger partial charge in [-0.15, -0.1) is 11.8 Å². The molecule has 2 rings (SSSR count). The molecular weight excluding hydrogens is 255 g/mol. The molecule has 0 saturated carbocycles. The standard InChI is InChI=1S/C13H15FOS2/c1-9-6-11(14)3-2-10(9)7-12(15)13-8-16-4-5-17-13/h2-3,6,13H,4-5,7-8H2,1H3. The number of carbonyl (C=O) groups excluding carboxylic acids is 1. The van der Waals surface area contributed by atoms with Crippen LogP contribution in [0.4, 0.5) is 4.39 Å². The zero-order valence-corrected chi connectivity index (χ0v) is 11.4. The minimum Gasteiger partial charge on any atom is -0.298 e. The molecule has 1 saturated heterocycles. The largest absolute Gasteiger partial charge is 0.298 e. The molecule has 17 heavy (non-hydrogen) atoms. The second-order valence-electron chi connectivity index (χ2n) is 4.15. The van der Waals surface area contributed by atoms with Crippen LogP contribution in [0.2, 0.25) is 0 Å². The van der Waals surface area contributed by atoms with E-state index < -0.39 is 0 Å². The maximum Gasteiger partial charge on any atom is 0.151 e. The van der Waals surface area contributed by atoms with E-state index in [1.165, 1.54) is 12.1 Å². The highest BCUT2D eigenvalue weighted by molar-refractivity contribution is 8.07. The molecule has 92 valence electrons. The smallest absolute Gasteiger partial charge is 0.151 e. The van der Waals surface area contributed by atoms with Crippen molar-refractivity contribution in [2.75, 3.05) is 17.3 Å². The lowest BCUT2D eigenvalue weighted by Gasteiger charge is -2.20. The van der Waals surface area contributed by atoms with Gasteiger partial charge in [0.15, 0.2) is 5.78 Å². The van der Waals surface area contributed by atoms with Crippen LogP contribution < -0.4 is 0 Å². The third-order valence-corrected chi connectivity index (χ3v) is 5.65. The minimum absolute atomic E-state index is 0.123. The number of benzene rings is 1. The fourth-order valence-electron chi connectivity index (χ4n) is 1.83. The number of Topliss-reactive ketones (excluding diaryl/α,β-unsaturated/α-hetero) is 1. The monoisotopic (exact) mass is 270 g/mol. The summed E-state index contributed by atoms with van der Waals surface area (Å²) in [4.78, 5) is 12.1. The third-order valence-electron chi connectivity index (χ3n) is 2.84. The molecule has 1 unspecified atom stereocenters. The molecule has 1 atom stereocenters. The molecule has 1 fully saturated rings. The lowest BCUT2D eigenvalue weighted by Crippen LogP contribution is -2.26. The number of hydrogen-bond acceptors (Lipinski definition) is 3. The van der Waals surface area contributed by atoms with Crippen molar-refractivity contribution < 1.29 is 9.18 Å². The first-order valence-electron chi connectivity index (χ1n) is 5.64. The molecule has 1 aromatic carbocycles. The number of carbonyl (C=O) groups is 1. The van der Waals surface area contributed by atoms with Crippen LogP contribution in [0.1, 0.15) is 11.1 Å². The molecule has 0 bridgehead atoms. The van der Waals surface area contributed by atoms with Crippen LogP contribution in [-0.2, 0) is 11.2 Å². The van der Waals surface area contributed by atoms with E-state index in [1.807, 2.05) is 18.7 Å². The fraction of sp³-hybridized carbons (Fsp3) is 0.462. The van der Waals surface area contributed by atoms with Crippen molar-refractivity contribution in [1.29, 1.82) is 0 Å². The summed E-state index contributed by atoms with van der Waals surface area (Å²) in [6.45, 7) is 1.86. The number of rotatable bonds is 3. The highest BCUT2D eigenvalue weighted by Crippen LogP contribution is 2.26.